The Hall–Kier alpha value is -2.47. The van der Waals surface area contributed by atoms with Gasteiger partial charge in [0, 0.05) is 15.8 Å². The molecule has 0 saturated heterocycles. The van der Waals surface area contributed by atoms with Crippen LogP contribution in [-0.2, 0) is 0 Å². The monoisotopic (exact) mass is 369 g/mol. The number of benzene rings is 2. The van der Waals surface area contributed by atoms with E-state index < -0.39 is 0 Å². The molecule has 0 aliphatic rings. The Morgan fingerprint density at radius 1 is 0.870 bits per heavy atom. The number of nitrogens with one attached hydrogen (secondary N) is 2. The number of aryl methyl sites for hydroxylation is 2. The smallest absolute Gasteiger partial charge is 0.249 e. The average Bonchev–Trinajstić information content (AvgIpc) is 2.54. The summed E-state index contributed by atoms with van der Waals surface area (Å²) in [5, 5.41) is 14.4. The van der Waals surface area contributed by atoms with Crippen LogP contribution in [0.15, 0.2) is 53.1 Å². The van der Waals surface area contributed by atoms with Crippen LogP contribution in [0.25, 0.3) is 0 Å². The van der Waals surface area contributed by atoms with E-state index in [1.807, 2.05) is 30.3 Å². The third kappa shape index (κ3) is 4.04. The predicted molar refractivity (Wildman–Crippen MR) is 96.5 cm³/mol. The molecule has 0 atom stereocenters. The van der Waals surface area contributed by atoms with Gasteiger partial charge in [-0.15, -0.1) is 5.10 Å². The van der Waals surface area contributed by atoms with Crippen molar-refractivity contribution in [2.24, 2.45) is 0 Å². The maximum absolute atomic E-state index is 4.43. The lowest BCUT2D eigenvalue weighted by Crippen LogP contribution is -2.02. The highest BCUT2D eigenvalue weighted by Crippen LogP contribution is 2.20. The van der Waals surface area contributed by atoms with Crippen molar-refractivity contribution in [2.75, 3.05) is 10.6 Å². The fraction of sp³-hybridized carbons (Fsp3) is 0.118. The van der Waals surface area contributed by atoms with Gasteiger partial charge in [0.05, 0.1) is 6.20 Å². The van der Waals surface area contributed by atoms with E-state index in [4.69, 9.17) is 0 Å². The molecule has 1 heterocycles. The topological polar surface area (TPSA) is 62.7 Å². The molecule has 3 rings (SSSR count). The average molecular weight is 370 g/mol. The molecule has 6 heteroatoms. The Morgan fingerprint density at radius 2 is 1.61 bits per heavy atom. The van der Waals surface area contributed by atoms with E-state index in [0.29, 0.717) is 11.8 Å². The molecule has 0 unspecified atom stereocenters. The molecule has 0 bridgehead atoms. The quantitative estimate of drug-likeness (QED) is 0.695. The minimum atomic E-state index is 0.454. The van der Waals surface area contributed by atoms with E-state index in [1.165, 1.54) is 11.1 Å². The Labute approximate surface area is 143 Å². The van der Waals surface area contributed by atoms with Crippen LogP contribution in [-0.4, -0.2) is 15.2 Å². The zero-order chi connectivity index (χ0) is 16.2. The summed E-state index contributed by atoms with van der Waals surface area (Å²) in [7, 11) is 0. The Bertz CT molecular complexity index is 817. The van der Waals surface area contributed by atoms with Gasteiger partial charge in [0.25, 0.3) is 0 Å². The number of rotatable bonds is 4. The SMILES string of the molecule is Cc1ccc(Nc2nncc(Nc3ccc(Br)cc3)n2)cc1C. The van der Waals surface area contributed by atoms with Crippen molar-refractivity contribution < 1.29 is 0 Å². The standard InChI is InChI=1S/C17H16BrN5/c1-11-3-6-15(9-12(11)2)21-17-22-16(10-19-23-17)20-14-7-4-13(18)5-8-14/h3-10H,1-2H3,(H2,20,21,22,23). The third-order valence-corrected chi connectivity index (χ3v) is 3.97. The van der Waals surface area contributed by atoms with Gasteiger partial charge in [-0.05, 0) is 61.4 Å². The maximum Gasteiger partial charge on any atom is 0.249 e. The Kier molecular flexibility index (Phi) is 4.52. The van der Waals surface area contributed by atoms with Crippen molar-refractivity contribution in [1.29, 1.82) is 0 Å². The number of hydrogen-bond donors (Lipinski definition) is 2. The number of anilines is 4. The number of nitrogens with zero attached hydrogens (tertiary/aromatic N) is 3. The maximum atomic E-state index is 4.43. The van der Waals surface area contributed by atoms with E-state index in [9.17, 15) is 0 Å². The largest absolute Gasteiger partial charge is 0.339 e. The summed E-state index contributed by atoms with van der Waals surface area (Å²) >= 11 is 3.41. The second-order valence-corrected chi connectivity index (χ2v) is 6.14. The normalized spacial score (nSPS) is 10.4. The van der Waals surface area contributed by atoms with Crippen molar-refractivity contribution in [3.8, 4) is 0 Å². The second kappa shape index (κ2) is 6.75. The van der Waals surface area contributed by atoms with Gasteiger partial charge in [-0.1, -0.05) is 22.0 Å². The molecule has 0 fully saturated rings. The molecule has 0 aliphatic heterocycles. The molecule has 2 aromatic carbocycles. The van der Waals surface area contributed by atoms with Crippen LogP contribution < -0.4 is 10.6 Å². The van der Waals surface area contributed by atoms with Crippen LogP contribution >= 0.6 is 15.9 Å². The lowest BCUT2D eigenvalue weighted by molar-refractivity contribution is 0.982. The fourth-order valence-electron chi connectivity index (χ4n) is 2.05. The molecule has 0 amide bonds. The van der Waals surface area contributed by atoms with E-state index in [1.54, 1.807) is 6.20 Å². The second-order valence-electron chi connectivity index (χ2n) is 5.22. The first-order valence-electron chi connectivity index (χ1n) is 7.17. The molecular weight excluding hydrogens is 354 g/mol. The zero-order valence-electron chi connectivity index (χ0n) is 12.8. The van der Waals surface area contributed by atoms with Gasteiger partial charge >= 0.3 is 0 Å². The molecule has 23 heavy (non-hydrogen) atoms. The lowest BCUT2D eigenvalue weighted by Gasteiger charge is -2.09. The molecule has 2 N–H and O–H groups in total. The molecule has 0 radical (unpaired) electrons. The first-order chi connectivity index (χ1) is 11.1. The first-order valence-corrected chi connectivity index (χ1v) is 7.96. The van der Waals surface area contributed by atoms with Gasteiger partial charge in [-0.2, -0.15) is 10.1 Å². The van der Waals surface area contributed by atoms with Gasteiger partial charge < -0.3 is 10.6 Å². The van der Waals surface area contributed by atoms with Crippen LogP contribution in [0.4, 0.5) is 23.1 Å². The van der Waals surface area contributed by atoms with E-state index in [2.05, 4.69) is 67.7 Å². The molecule has 0 aliphatic carbocycles. The zero-order valence-corrected chi connectivity index (χ0v) is 14.4. The molecule has 5 nitrogen and oxygen atoms in total. The summed E-state index contributed by atoms with van der Waals surface area (Å²) in [6.07, 6.45) is 1.59. The summed E-state index contributed by atoms with van der Waals surface area (Å²) in [5.41, 5.74) is 4.34. The summed E-state index contributed by atoms with van der Waals surface area (Å²) in [6.45, 7) is 4.16. The van der Waals surface area contributed by atoms with Crippen LogP contribution in [0, 0.1) is 13.8 Å². The van der Waals surface area contributed by atoms with E-state index >= 15 is 0 Å². The highest BCUT2D eigenvalue weighted by molar-refractivity contribution is 9.10. The van der Waals surface area contributed by atoms with Crippen LogP contribution in [0.3, 0.4) is 0 Å². The van der Waals surface area contributed by atoms with Gasteiger partial charge in [0.2, 0.25) is 5.95 Å². The van der Waals surface area contributed by atoms with Crippen molar-refractivity contribution in [2.45, 2.75) is 13.8 Å². The summed E-state index contributed by atoms with van der Waals surface area (Å²) in [5.74, 6) is 1.09. The van der Waals surface area contributed by atoms with Gasteiger partial charge in [0.1, 0.15) is 0 Å². The van der Waals surface area contributed by atoms with Gasteiger partial charge in [0.15, 0.2) is 5.82 Å². The van der Waals surface area contributed by atoms with E-state index in [0.717, 1.165) is 15.8 Å². The molecular formula is C17H16BrN5. The van der Waals surface area contributed by atoms with Crippen molar-refractivity contribution in [3.63, 3.8) is 0 Å². The van der Waals surface area contributed by atoms with E-state index in [-0.39, 0.29) is 0 Å². The summed E-state index contributed by atoms with van der Waals surface area (Å²) in [6, 6.07) is 14.0. The molecule has 1 aromatic heterocycles. The molecule has 3 aromatic rings. The third-order valence-electron chi connectivity index (χ3n) is 3.44. The van der Waals surface area contributed by atoms with Crippen molar-refractivity contribution in [3.05, 3.63) is 64.3 Å². The minimum Gasteiger partial charge on any atom is -0.339 e. The number of hydrogen-bond acceptors (Lipinski definition) is 5. The minimum absolute atomic E-state index is 0.454. The van der Waals surface area contributed by atoms with Crippen LogP contribution in [0.1, 0.15) is 11.1 Å². The molecule has 0 spiro atoms. The summed E-state index contributed by atoms with van der Waals surface area (Å²) < 4.78 is 1.03. The molecule has 116 valence electrons. The first kappa shape index (κ1) is 15.4. The number of halogens is 1. The van der Waals surface area contributed by atoms with Crippen LogP contribution in [0.5, 0.6) is 0 Å². The predicted octanol–water partition coefficient (Wildman–Crippen LogP) is 4.74. The Balaban J connectivity index is 1.76. The number of aromatic nitrogens is 3. The summed E-state index contributed by atoms with van der Waals surface area (Å²) in [4.78, 5) is 4.43. The van der Waals surface area contributed by atoms with Crippen molar-refractivity contribution in [1.82, 2.24) is 15.2 Å². The molecule has 0 saturated carbocycles. The Morgan fingerprint density at radius 3 is 2.35 bits per heavy atom. The highest BCUT2D eigenvalue weighted by atomic mass is 79.9. The van der Waals surface area contributed by atoms with Crippen LogP contribution in [0.2, 0.25) is 0 Å². The fourth-order valence-corrected chi connectivity index (χ4v) is 2.31. The highest BCUT2D eigenvalue weighted by Gasteiger charge is 2.03. The lowest BCUT2D eigenvalue weighted by atomic mass is 10.1. The van der Waals surface area contributed by atoms with Gasteiger partial charge in [-0.3, -0.25) is 0 Å². The van der Waals surface area contributed by atoms with Crippen molar-refractivity contribution >= 4 is 39.1 Å². The van der Waals surface area contributed by atoms with Gasteiger partial charge in [-0.25, -0.2) is 0 Å².